The monoisotopic (exact) mass is 412 g/mol. The van der Waals surface area contributed by atoms with Crippen LogP contribution in [0.15, 0.2) is 28.5 Å². The van der Waals surface area contributed by atoms with Gasteiger partial charge in [0.1, 0.15) is 4.90 Å². The molecule has 2 aromatic rings. The highest BCUT2D eigenvalue weighted by Gasteiger charge is 2.24. The number of rotatable bonds is 5. The summed E-state index contributed by atoms with van der Waals surface area (Å²) in [6.45, 7) is 0. The summed E-state index contributed by atoms with van der Waals surface area (Å²) in [5.74, 6) is -0.226. The summed E-state index contributed by atoms with van der Waals surface area (Å²) in [6.07, 6.45) is 0.0636. The summed E-state index contributed by atoms with van der Waals surface area (Å²) in [6, 6.07) is 4.16. The van der Waals surface area contributed by atoms with E-state index in [-0.39, 0.29) is 32.3 Å². The Balaban J connectivity index is 2.37. The zero-order valence-corrected chi connectivity index (χ0v) is 15.6. The van der Waals surface area contributed by atoms with Crippen molar-refractivity contribution >= 4 is 67.8 Å². The molecule has 2 N–H and O–H groups in total. The number of carbonyl (C=O) groups is 1. The van der Waals surface area contributed by atoms with Gasteiger partial charge in [0, 0.05) is 16.9 Å². The highest BCUT2D eigenvalue weighted by atomic mass is 35.5. The topological polar surface area (TPSA) is 75.3 Å². The lowest BCUT2D eigenvalue weighted by molar-refractivity contribution is -0.119. The van der Waals surface area contributed by atoms with E-state index < -0.39 is 10.0 Å². The predicted molar refractivity (Wildman–Crippen MR) is 94.4 cm³/mol. The molecule has 1 aromatic carbocycles. The number of sulfonamides is 1. The molecule has 0 bridgehead atoms. The van der Waals surface area contributed by atoms with E-state index in [0.29, 0.717) is 10.6 Å². The number of benzene rings is 1. The zero-order chi connectivity index (χ0) is 17.2. The molecular weight excluding hydrogens is 403 g/mol. The highest BCUT2D eigenvalue weighted by molar-refractivity contribution is 7.93. The highest BCUT2D eigenvalue weighted by Crippen LogP contribution is 2.35. The summed E-state index contributed by atoms with van der Waals surface area (Å²) in [7, 11) is -2.52. The number of anilines is 1. The van der Waals surface area contributed by atoms with Gasteiger partial charge in [0.05, 0.1) is 22.2 Å². The summed E-state index contributed by atoms with van der Waals surface area (Å²) in [5, 5.41) is 4.23. The fourth-order valence-electron chi connectivity index (χ4n) is 1.78. The molecule has 0 fully saturated rings. The first-order chi connectivity index (χ1) is 10.7. The Labute approximate surface area is 152 Å². The fraction of sp³-hybridized carbons (Fsp3) is 0.154. The van der Waals surface area contributed by atoms with Gasteiger partial charge < -0.3 is 5.32 Å². The Morgan fingerprint density at radius 2 is 1.83 bits per heavy atom. The van der Waals surface area contributed by atoms with Crippen molar-refractivity contribution in [2.45, 2.75) is 11.3 Å². The molecule has 10 heteroatoms. The molecule has 0 saturated carbocycles. The Bertz CT molecular complexity index is 827. The Morgan fingerprint density at radius 1 is 1.22 bits per heavy atom. The maximum atomic E-state index is 12.5. The first kappa shape index (κ1) is 18.4. The van der Waals surface area contributed by atoms with Gasteiger partial charge in [-0.05, 0) is 23.6 Å². The molecule has 0 aliphatic rings. The number of carbonyl (C=O) groups excluding carboxylic acids is 1. The second-order valence-electron chi connectivity index (χ2n) is 4.41. The third-order valence-corrected chi connectivity index (χ3v) is 6.25. The minimum Gasteiger partial charge on any atom is -0.359 e. The fourth-order valence-corrected chi connectivity index (χ4v) is 5.32. The lowest BCUT2D eigenvalue weighted by atomic mass is 10.3. The van der Waals surface area contributed by atoms with Gasteiger partial charge in [-0.2, -0.15) is 0 Å². The first-order valence-corrected chi connectivity index (χ1v) is 9.68. The molecule has 0 saturated heterocycles. The lowest BCUT2D eigenvalue weighted by Gasteiger charge is -2.12. The van der Waals surface area contributed by atoms with E-state index in [2.05, 4.69) is 10.0 Å². The van der Waals surface area contributed by atoms with Crippen LogP contribution < -0.4 is 10.0 Å². The number of thiophene rings is 1. The van der Waals surface area contributed by atoms with Crippen molar-refractivity contribution in [3.63, 3.8) is 0 Å². The van der Waals surface area contributed by atoms with Crippen LogP contribution >= 0.6 is 46.1 Å². The third-order valence-electron chi connectivity index (χ3n) is 2.82. The Morgan fingerprint density at radius 3 is 2.39 bits per heavy atom. The van der Waals surface area contributed by atoms with Crippen molar-refractivity contribution in [1.29, 1.82) is 0 Å². The number of hydrogen-bond donors (Lipinski definition) is 2. The van der Waals surface area contributed by atoms with Crippen molar-refractivity contribution in [2.75, 3.05) is 11.8 Å². The summed E-state index contributed by atoms with van der Waals surface area (Å²) >= 11 is 19.0. The van der Waals surface area contributed by atoms with E-state index in [4.69, 9.17) is 34.8 Å². The van der Waals surface area contributed by atoms with Crippen molar-refractivity contribution in [1.82, 2.24) is 5.32 Å². The van der Waals surface area contributed by atoms with E-state index in [9.17, 15) is 13.2 Å². The molecule has 5 nitrogen and oxygen atoms in total. The van der Waals surface area contributed by atoms with Crippen LogP contribution in [-0.2, 0) is 21.2 Å². The summed E-state index contributed by atoms with van der Waals surface area (Å²) in [4.78, 5) is 11.8. The molecular formula is C13H11Cl3N2O3S2. The molecule has 0 unspecified atom stereocenters. The molecule has 0 radical (unpaired) electrons. The number of likely N-dealkylation sites (N-methyl/N-ethyl adjacent to an activating group) is 1. The van der Waals surface area contributed by atoms with Crippen LogP contribution in [0.4, 0.5) is 5.69 Å². The van der Waals surface area contributed by atoms with E-state index in [0.717, 1.165) is 0 Å². The van der Waals surface area contributed by atoms with Gasteiger partial charge in [-0.1, -0.05) is 34.8 Å². The van der Waals surface area contributed by atoms with Crippen molar-refractivity contribution in [3.8, 4) is 0 Å². The normalized spacial score (nSPS) is 11.3. The van der Waals surface area contributed by atoms with Gasteiger partial charge in [0.2, 0.25) is 5.91 Å². The van der Waals surface area contributed by atoms with Crippen LogP contribution in [0.25, 0.3) is 0 Å². The van der Waals surface area contributed by atoms with Crippen LogP contribution in [0.3, 0.4) is 0 Å². The molecule has 0 spiro atoms. The van der Waals surface area contributed by atoms with E-state index in [1.807, 2.05) is 0 Å². The van der Waals surface area contributed by atoms with E-state index in [1.54, 1.807) is 11.4 Å². The van der Waals surface area contributed by atoms with Gasteiger partial charge in [0.15, 0.2) is 0 Å². The molecule has 1 aromatic heterocycles. The number of amides is 1. The molecule has 0 aliphatic heterocycles. The number of hydrogen-bond acceptors (Lipinski definition) is 4. The molecule has 124 valence electrons. The second-order valence-corrected chi connectivity index (χ2v) is 8.28. The van der Waals surface area contributed by atoms with Crippen molar-refractivity contribution in [3.05, 3.63) is 43.5 Å². The maximum Gasteiger partial charge on any atom is 0.264 e. The standard InChI is InChI=1S/C13H11Cl3N2O3S2/c1-17-12(19)6-11-10(2-3-22-11)18-23(20,21)13-8(15)4-7(14)5-9(13)16/h2-5,18H,6H2,1H3,(H,17,19). The van der Waals surface area contributed by atoms with Gasteiger partial charge in [-0.25, -0.2) is 8.42 Å². The summed E-state index contributed by atoms with van der Waals surface area (Å²) in [5.41, 5.74) is 0.306. The number of halogens is 3. The van der Waals surface area contributed by atoms with E-state index >= 15 is 0 Å². The third kappa shape index (κ3) is 4.30. The molecule has 23 heavy (non-hydrogen) atoms. The SMILES string of the molecule is CNC(=O)Cc1sccc1NS(=O)(=O)c1c(Cl)cc(Cl)cc1Cl. The molecule has 1 heterocycles. The van der Waals surface area contributed by atoms with Crippen molar-refractivity contribution < 1.29 is 13.2 Å². The lowest BCUT2D eigenvalue weighted by Crippen LogP contribution is -2.20. The van der Waals surface area contributed by atoms with Crippen LogP contribution in [0.2, 0.25) is 15.1 Å². The zero-order valence-electron chi connectivity index (χ0n) is 11.7. The van der Waals surface area contributed by atoms with E-state index in [1.165, 1.54) is 30.5 Å². The van der Waals surface area contributed by atoms with Gasteiger partial charge in [0.25, 0.3) is 10.0 Å². The molecule has 0 aliphatic carbocycles. The molecule has 1 amide bonds. The van der Waals surface area contributed by atoms with Crippen LogP contribution in [-0.4, -0.2) is 21.4 Å². The van der Waals surface area contributed by atoms with Gasteiger partial charge >= 0.3 is 0 Å². The Hall–Kier alpha value is -0.990. The largest absolute Gasteiger partial charge is 0.359 e. The Kier molecular flexibility index (Phi) is 5.80. The van der Waals surface area contributed by atoms with Crippen LogP contribution in [0.5, 0.6) is 0 Å². The van der Waals surface area contributed by atoms with Crippen LogP contribution in [0, 0.1) is 0 Å². The maximum absolute atomic E-state index is 12.5. The van der Waals surface area contributed by atoms with Crippen LogP contribution in [0.1, 0.15) is 4.88 Å². The number of nitrogens with one attached hydrogen (secondary N) is 2. The van der Waals surface area contributed by atoms with Crippen molar-refractivity contribution in [2.24, 2.45) is 0 Å². The molecule has 0 atom stereocenters. The predicted octanol–water partition coefficient (Wildman–Crippen LogP) is 3.80. The van der Waals surface area contributed by atoms with Gasteiger partial charge in [-0.15, -0.1) is 11.3 Å². The smallest absolute Gasteiger partial charge is 0.264 e. The minimum atomic E-state index is -4.02. The molecule has 2 rings (SSSR count). The quantitative estimate of drug-likeness (QED) is 0.783. The average Bonchev–Trinajstić information content (AvgIpc) is 2.83. The first-order valence-electron chi connectivity index (χ1n) is 6.19. The summed E-state index contributed by atoms with van der Waals surface area (Å²) < 4.78 is 27.5. The average molecular weight is 414 g/mol. The minimum absolute atomic E-state index is 0.0636. The van der Waals surface area contributed by atoms with Gasteiger partial charge in [-0.3, -0.25) is 9.52 Å². The second kappa shape index (κ2) is 7.27.